The fraction of sp³-hybridized carbons (Fsp3) is 0.417. The van der Waals surface area contributed by atoms with Gasteiger partial charge < -0.3 is 11.1 Å². The third-order valence-electron chi connectivity index (χ3n) is 2.55. The molecule has 1 amide bonds. The first-order chi connectivity index (χ1) is 8.31. The van der Waals surface area contributed by atoms with Crippen molar-refractivity contribution < 1.29 is 13.6 Å². The fourth-order valence-electron chi connectivity index (χ4n) is 1.30. The standard InChI is InChI=1S/C12H15BrF2N2O/c1-6(2)10(16)5-11(18)17-12-8(14)3-7(13)4-9(12)15/h3-4,6,10H,5,16H2,1-2H3,(H,17,18). The Morgan fingerprint density at radius 1 is 1.39 bits per heavy atom. The molecule has 0 radical (unpaired) electrons. The van der Waals surface area contributed by atoms with Crippen molar-refractivity contribution in [3.63, 3.8) is 0 Å². The Hall–Kier alpha value is -1.01. The van der Waals surface area contributed by atoms with E-state index in [4.69, 9.17) is 5.73 Å². The molecule has 100 valence electrons. The van der Waals surface area contributed by atoms with Gasteiger partial charge in [-0.2, -0.15) is 0 Å². The van der Waals surface area contributed by atoms with Gasteiger partial charge in [-0.05, 0) is 18.1 Å². The first kappa shape index (κ1) is 15.0. The van der Waals surface area contributed by atoms with E-state index < -0.39 is 23.2 Å². The van der Waals surface area contributed by atoms with Gasteiger partial charge >= 0.3 is 0 Å². The monoisotopic (exact) mass is 320 g/mol. The van der Waals surface area contributed by atoms with Gasteiger partial charge in [0.1, 0.15) is 5.69 Å². The Kier molecular flexibility index (Phi) is 5.22. The minimum Gasteiger partial charge on any atom is -0.327 e. The molecule has 0 aliphatic rings. The zero-order chi connectivity index (χ0) is 13.9. The fourth-order valence-corrected chi connectivity index (χ4v) is 1.70. The lowest BCUT2D eigenvalue weighted by Crippen LogP contribution is -2.31. The second kappa shape index (κ2) is 6.24. The molecule has 1 unspecified atom stereocenters. The maximum Gasteiger partial charge on any atom is 0.226 e. The normalized spacial score (nSPS) is 12.6. The Balaban J connectivity index is 2.77. The van der Waals surface area contributed by atoms with Crippen LogP contribution < -0.4 is 11.1 Å². The zero-order valence-corrected chi connectivity index (χ0v) is 11.7. The highest BCUT2D eigenvalue weighted by atomic mass is 79.9. The lowest BCUT2D eigenvalue weighted by molar-refractivity contribution is -0.116. The second-order valence-electron chi connectivity index (χ2n) is 4.40. The summed E-state index contributed by atoms with van der Waals surface area (Å²) in [6.07, 6.45) is 0.0204. The van der Waals surface area contributed by atoms with Crippen LogP contribution >= 0.6 is 15.9 Å². The number of hydrogen-bond acceptors (Lipinski definition) is 2. The van der Waals surface area contributed by atoms with Crippen LogP contribution in [-0.2, 0) is 4.79 Å². The van der Waals surface area contributed by atoms with Crippen molar-refractivity contribution in [2.75, 3.05) is 5.32 Å². The number of carbonyl (C=O) groups excluding carboxylic acids is 1. The molecule has 0 bridgehead atoms. The van der Waals surface area contributed by atoms with Crippen LogP contribution in [0.25, 0.3) is 0 Å². The van der Waals surface area contributed by atoms with Gasteiger partial charge in [0.2, 0.25) is 5.91 Å². The number of halogens is 3. The predicted molar refractivity (Wildman–Crippen MR) is 70.1 cm³/mol. The average Bonchev–Trinajstić information content (AvgIpc) is 2.23. The lowest BCUT2D eigenvalue weighted by Gasteiger charge is -2.15. The van der Waals surface area contributed by atoms with Crippen LogP contribution in [0.2, 0.25) is 0 Å². The summed E-state index contributed by atoms with van der Waals surface area (Å²) >= 11 is 2.96. The van der Waals surface area contributed by atoms with E-state index in [1.807, 2.05) is 13.8 Å². The van der Waals surface area contributed by atoms with Crippen molar-refractivity contribution >= 4 is 27.5 Å². The molecule has 0 aliphatic heterocycles. The Morgan fingerprint density at radius 2 is 1.89 bits per heavy atom. The first-order valence-electron chi connectivity index (χ1n) is 5.51. The van der Waals surface area contributed by atoms with Crippen LogP contribution in [0.15, 0.2) is 16.6 Å². The van der Waals surface area contributed by atoms with E-state index in [9.17, 15) is 13.6 Å². The number of amides is 1. The Labute approximate surface area is 113 Å². The minimum atomic E-state index is -0.826. The van der Waals surface area contributed by atoms with E-state index in [0.29, 0.717) is 0 Å². The molecular weight excluding hydrogens is 306 g/mol. The van der Waals surface area contributed by atoms with E-state index >= 15 is 0 Å². The Bertz CT molecular complexity index is 429. The number of rotatable bonds is 4. The molecule has 0 heterocycles. The quantitative estimate of drug-likeness (QED) is 0.895. The van der Waals surface area contributed by atoms with Gasteiger partial charge in [0.25, 0.3) is 0 Å². The van der Waals surface area contributed by atoms with Crippen LogP contribution in [0.4, 0.5) is 14.5 Å². The second-order valence-corrected chi connectivity index (χ2v) is 5.32. The molecule has 1 aromatic carbocycles. The topological polar surface area (TPSA) is 55.1 Å². The van der Waals surface area contributed by atoms with Crippen LogP contribution in [0.5, 0.6) is 0 Å². The summed E-state index contributed by atoms with van der Waals surface area (Å²) in [7, 11) is 0. The highest BCUT2D eigenvalue weighted by molar-refractivity contribution is 9.10. The summed E-state index contributed by atoms with van der Waals surface area (Å²) < 4.78 is 27.2. The van der Waals surface area contributed by atoms with Crippen LogP contribution in [0.1, 0.15) is 20.3 Å². The molecule has 1 atom stereocenters. The summed E-state index contributed by atoms with van der Waals surface area (Å²) in [5.41, 5.74) is 5.27. The molecule has 0 aliphatic carbocycles. The number of benzene rings is 1. The molecule has 1 rings (SSSR count). The van der Waals surface area contributed by atoms with Crippen LogP contribution in [-0.4, -0.2) is 11.9 Å². The summed E-state index contributed by atoms with van der Waals surface area (Å²) in [4.78, 5) is 11.6. The molecule has 6 heteroatoms. The number of hydrogen-bond donors (Lipinski definition) is 2. The third-order valence-corrected chi connectivity index (χ3v) is 3.01. The summed E-state index contributed by atoms with van der Waals surface area (Å²) in [5, 5.41) is 2.20. The maximum atomic E-state index is 13.5. The van der Waals surface area contributed by atoms with Crippen molar-refractivity contribution in [1.29, 1.82) is 0 Å². The van der Waals surface area contributed by atoms with Gasteiger partial charge in [-0.3, -0.25) is 4.79 Å². The van der Waals surface area contributed by atoms with Crippen LogP contribution in [0, 0.1) is 17.6 Å². The van der Waals surface area contributed by atoms with Gasteiger partial charge in [-0.25, -0.2) is 8.78 Å². The van der Waals surface area contributed by atoms with E-state index in [2.05, 4.69) is 21.2 Å². The minimum absolute atomic E-state index is 0.0204. The number of nitrogens with one attached hydrogen (secondary N) is 1. The van der Waals surface area contributed by atoms with Crippen LogP contribution in [0.3, 0.4) is 0 Å². The molecule has 1 aromatic rings. The van der Waals surface area contributed by atoms with Crippen molar-refractivity contribution in [2.24, 2.45) is 11.7 Å². The molecule has 0 saturated heterocycles. The molecule has 0 saturated carbocycles. The highest BCUT2D eigenvalue weighted by Crippen LogP contribution is 2.24. The number of anilines is 1. The van der Waals surface area contributed by atoms with Crippen molar-refractivity contribution in [3.8, 4) is 0 Å². The first-order valence-corrected chi connectivity index (χ1v) is 6.30. The van der Waals surface area contributed by atoms with E-state index in [-0.39, 0.29) is 22.9 Å². The summed E-state index contributed by atoms with van der Waals surface area (Å²) in [6.45, 7) is 3.75. The molecule has 3 nitrogen and oxygen atoms in total. The highest BCUT2D eigenvalue weighted by Gasteiger charge is 2.17. The van der Waals surface area contributed by atoms with Crippen molar-refractivity contribution in [3.05, 3.63) is 28.2 Å². The number of carbonyl (C=O) groups is 1. The van der Waals surface area contributed by atoms with E-state index in [1.165, 1.54) is 0 Å². The van der Waals surface area contributed by atoms with Gasteiger partial charge in [0, 0.05) is 16.9 Å². The van der Waals surface area contributed by atoms with Gasteiger partial charge in [-0.1, -0.05) is 29.8 Å². The third kappa shape index (κ3) is 4.03. The van der Waals surface area contributed by atoms with Gasteiger partial charge in [0.15, 0.2) is 11.6 Å². The maximum absolute atomic E-state index is 13.5. The molecular formula is C12H15BrF2N2O. The summed E-state index contributed by atoms with van der Waals surface area (Å²) in [6, 6.07) is 1.83. The zero-order valence-electron chi connectivity index (χ0n) is 10.1. The summed E-state index contributed by atoms with van der Waals surface area (Å²) in [5.74, 6) is -2.03. The van der Waals surface area contributed by atoms with Gasteiger partial charge in [-0.15, -0.1) is 0 Å². The van der Waals surface area contributed by atoms with E-state index in [0.717, 1.165) is 12.1 Å². The molecule has 0 spiro atoms. The molecule has 0 fully saturated rings. The largest absolute Gasteiger partial charge is 0.327 e. The lowest BCUT2D eigenvalue weighted by atomic mass is 10.0. The molecule has 3 N–H and O–H groups in total. The molecule has 0 aromatic heterocycles. The molecule has 18 heavy (non-hydrogen) atoms. The van der Waals surface area contributed by atoms with Crippen molar-refractivity contribution in [1.82, 2.24) is 0 Å². The average molecular weight is 321 g/mol. The predicted octanol–water partition coefficient (Wildman–Crippen LogP) is 3.04. The van der Waals surface area contributed by atoms with Crippen molar-refractivity contribution in [2.45, 2.75) is 26.3 Å². The number of nitrogens with two attached hydrogens (primary N) is 1. The van der Waals surface area contributed by atoms with E-state index in [1.54, 1.807) is 0 Å². The SMILES string of the molecule is CC(C)C(N)CC(=O)Nc1c(F)cc(Br)cc1F. The smallest absolute Gasteiger partial charge is 0.226 e. The Morgan fingerprint density at radius 3 is 2.33 bits per heavy atom. The van der Waals surface area contributed by atoms with Gasteiger partial charge in [0.05, 0.1) is 0 Å².